The van der Waals surface area contributed by atoms with Crippen LogP contribution < -0.4 is 10.1 Å². The zero-order chi connectivity index (χ0) is 21.5. The predicted octanol–water partition coefficient (Wildman–Crippen LogP) is 4.30. The third kappa shape index (κ3) is 5.24. The molecule has 0 saturated carbocycles. The molecule has 0 heterocycles. The SMILES string of the molecule is COc1ccc2cc(/C=C/C(=O)O[C@@H](C)C(=O)Nc3cccc(C#N)c3)ccc2c1. The van der Waals surface area contributed by atoms with E-state index in [9.17, 15) is 9.59 Å². The third-order valence-electron chi connectivity index (χ3n) is 4.40. The summed E-state index contributed by atoms with van der Waals surface area (Å²) in [6, 6.07) is 20.0. The number of carbonyl (C=O) groups excluding carboxylic acids is 2. The molecule has 6 nitrogen and oxygen atoms in total. The van der Waals surface area contributed by atoms with Crippen LogP contribution in [0.4, 0.5) is 5.69 Å². The van der Waals surface area contributed by atoms with Gasteiger partial charge in [-0.05, 0) is 65.7 Å². The molecule has 1 atom stereocenters. The van der Waals surface area contributed by atoms with Gasteiger partial charge in [0.2, 0.25) is 0 Å². The van der Waals surface area contributed by atoms with Gasteiger partial charge in [0.1, 0.15) is 5.75 Å². The lowest BCUT2D eigenvalue weighted by atomic mass is 10.1. The summed E-state index contributed by atoms with van der Waals surface area (Å²) < 4.78 is 10.4. The van der Waals surface area contributed by atoms with Gasteiger partial charge in [0.15, 0.2) is 6.10 Å². The first-order valence-electron chi connectivity index (χ1n) is 9.26. The molecule has 0 fully saturated rings. The summed E-state index contributed by atoms with van der Waals surface area (Å²) in [5, 5.41) is 13.6. The highest BCUT2D eigenvalue weighted by atomic mass is 16.5. The van der Waals surface area contributed by atoms with Gasteiger partial charge >= 0.3 is 5.97 Å². The van der Waals surface area contributed by atoms with Gasteiger partial charge in [0.05, 0.1) is 18.7 Å². The molecule has 0 bridgehead atoms. The van der Waals surface area contributed by atoms with E-state index in [-0.39, 0.29) is 0 Å². The van der Waals surface area contributed by atoms with Gasteiger partial charge in [-0.25, -0.2) is 4.79 Å². The normalized spacial score (nSPS) is 11.6. The lowest BCUT2D eigenvalue weighted by molar-refractivity contribution is -0.148. The highest BCUT2D eigenvalue weighted by molar-refractivity contribution is 5.97. The fourth-order valence-corrected chi connectivity index (χ4v) is 2.81. The van der Waals surface area contributed by atoms with E-state index in [0.29, 0.717) is 11.3 Å². The molecule has 0 saturated heterocycles. The summed E-state index contributed by atoms with van der Waals surface area (Å²) in [5.41, 5.74) is 1.72. The van der Waals surface area contributed by atoms with Crippen molar-refractivity contribution in [2.45, 2.75) is 13.0 Å². The fraction of sp³-hybridized carbons (Fsp3) is 0.125. The molecule has 0 aromatic heterocycles. The number of nitriles is 1. The van der Waals surface area contributed by atoms with E-state index in [4.69, 9.17) is 14.7 Å². The van der Waals surface area contributed by atoms with Crippen LogP contribution in [0.1, 0.15) is 18.1 Å². The van der Waals surface area contributed by atoms with Gasteiger partial charge in [0, 0.05) is 11.8 Å². The number of carbonyl (C=O) groups is 2. The average Bonchev–Trinajstić information content (AvgIpc) is 2.77. The van der Waals surface area contributed by atoms with Gasteiger partial charge in [-0.2, -0.15) is 5.26 Å². The first-order valence-corrected chi connectivity index (χ1v) is 9.26. The number of ether oxygens (including phenoxy) is 2. The van der Waals surface area contributed by atoms with E-state index >= 15 is 0 Å². The maximum absolute atomic E-state index is 12.2. The van der Waals surface area contributed by atoms with Crippen molar-refractivity contribution in [1.29, 1.82) is 5.26 Å². The Morgan fingerprint density at radius 1 is 1.07 bits per heavy atom. The van der Waals surface area contributed by atoms with Crippen LogP contribution in [0.2, 0.25) is 0 Å². The lowest BCUT2D eigenvalue weighted by Crippen LogP contribution is -2.29. The zero-order valence-electron chi connectivity index (χ0n) is 16.6. The minimum Gasteiger partial charge on any atom is -0.497 e. The summed E-state index contributed by atoms with van der Waals surface area (Å²) in [5.74, 6) is -0.328. The molecule has 30 heavy (non-hydrogen) atoms. The Balaban J connectivity index is 1.60. The van der Waals surface area contributed by atoms with Crippen molar-refractivity contribution >= 4 is 34.4 Å². The Morgan fingerprint density at radius 2 is 1.83 bits per heavy atom. The quantitative estimate of drug-likeness (QED) is 0.492. The Hall–Kier alpha value is -4.11. The zero-order valence-corrected chi connectivity index (χ0v) is 16.6. The predicted molar refractivity (Wildman–Crippen MR) is 115 cm³/mol. The van der Waals surface area contributed by atoms with Crippen LogP contribution in [-0.4, -0.2) is 25.1 Å². The molecule has 3 rings (SSSR count). The number of fused-ring (bicyclic) bond motifs is 1. The number of methoxy groups -OCH3 is 1. The smallest absolute Gasteiger partial charge is 0.331 e. The summed E-state index contributed by atoms with van der Waals surface area (Å²) in [6.45, 7) is 1.48. The summed E-state index contributed by atoms with van der Waals surface area (Å²) in [4.78, 5) is 24.3. The largest absolute Gasteiger partial charge is 0.497 e. The minimum atomic E-state index is -0.989. The van der Waals surface area contributed by atoms with Crippen molar-refractivity contribution in [2.75, 3.05) is 12.4 Å². The van der Waals surface area contributed by atoms with Gasteiger partial charge < -0.3 is 14.8 Å². The Morgan fingerprint density at radius 3 is 2.60 bits per heavy atom. The Kier molecular flexibility index (Phi) is 6.46. The number of nitrogens with zero attached hydrogens (tertiary/aromatic N) is 1. The van der Waals surface area contributed by atoms with E-state index < -0.39 is 18.0 Å². The molecule has 0 spiro atoms. The molecule has 0 radical (unpaired) electrons. The van der Waals surface area contributed by atoms with E-state index in [0.717, 1.165) is 22.1 Å². The Labute approximate surface area is 174 Å². The van der Waals surface area contributed by atoms with Crippen molar-refractivity contribution in [3.05, 3.63) is 77.9 Å². The number of amides is 1. The Bertz CT molecular complexity index is 1160. The second-order valence-electron chi connectivity index (χ2n) is 6.57. The van der Waals surface area contributed by atoms with Crippen LogP contribution in [0.15, 0.2) is 66.7 Å². The number of benzene rings is 3. The summed E-state index contributed by atoms with van der Waals surface area (Å²) >= 11 is 0. The van der Waals surface area contributed by atoms with E-state index in [1.54, 1.807) is 37.5 Å². The second-order valence-corrected chi connectivity index (χ2v) is 6.57. The van der Waals surface area contributed by atoms with Gasteiger partial charge in [-0.15, -0.1) is 0 Å². The maximum atomic E-state index is 12.2. The molecule has 0 aliphatic heterocycles. The minimum absolute atomic E-state index is 0.425. The van der Waals surface area contributed by atoms with E-state index in [1.165, 1.54) is 13.0 Å². The van der Waals surface area contributed by atoms with Crippen LogP contribution in [0.5, 0.6) is 5.75 Å². The number of hydrogen-bond acceptors (Lipinski definition) is 5. The molecule has 3 aromatic rings. The fourth-order valence-electron chi connectivity index (χ4n) is 2.81. The van der Waals surface area contributed by atoms with Crippen LogP contribution in [0.3, 0.4) is 0 Å². The highest BCUT2D eigenvalue weighted by Gasteiger charge is 2.16. The highest BCUT2D eigenvalue weighted by Crippen LogP contribution is 2.22. The first kappa shape index (κ1) is 20.6. The molecule has 0 unspecified atom stereocenters. The molecule has 3 aromatic carbocycles. The maximum Gasteiger partial charge on any atom is 0.331 e. The van der Waals surface area contributed by atoms with Crippen molar-refractivity contribution < 1.29 is 19.1 Å². The molecule has 150 valence electrons. The van der Waals surface area contributed by atoms with Crippen molar-refractivity contribution in [1.82, 2.24) is 0 Å². The molecular weight excluding hydrogens is 380 g/mol. The van der Waals surface area contributed by atoms with Crippen molar-refractivity contribution in [3.8, 4) is 11.8 Å². The second kappa shape index (κ2) is 9.39. The number of nitrogens with one attached hydrogen (secondary N) is 1. The van der Waals surface area contributed by atoms with Crippen LogP contribution in [-0.2, 0) is 14.3 Å². The molecule has 1 N–H and O–H groups in total. The number of anilines is 1. The van der Waals surface area contributed by atoms with Crippen molar-refractivity contribution in [2.24, 2.45) is 0 Å². The number of hydrogen-bond donors (Lipinski definition) is 1. The van der Waals surface area contributed by atoms with Gasteiger partial charge in [-0.1, -0.05) is 24.3 Å². The van der Waals surface area contributed by atoms with E-state index in [1.807, 2.05) is 42.5 Å². The standard InChI is InChI=1S/C24H20N2O4/c1-16(24(28)26-21-5-3-4-18(13-21)15-25)30-23(27)11-7-17-6-8-20-14-22(29-2)10-9-19(20)12-17/h3-14,16H,1-2H3,(H,26,28)/b11-7+/t16-/m0/s1. The van der Waals surface area contributed by atoms with Crippen LogP contribution in [0.25, 0.3) is 16.8 Å². The monoisotopic (exact) mass is 400 g/mol. The molecule has 6 heteroatoms. The number of esters is 1. The average molecular weight is 400 g/mol. The lowest BCUT2D eigenvalue weighted by Gasteiger charge is -2.12. The topological polar surface area (TPSA) is 88.4 Å². The van der Waals surface area contributed by atoms with E-state index in [2.05, 4.69) is 5.32 Å². The molecule has 0 aliphatic rings. The summed E-state index contributed by atoms with van der Waals surface area (Å²) in [7, 11) is 1.62. The number of rotatable bonds is 6. The first-order chi connectivity index (χ1) is 14.5. The van der Waals surface area contributed by atoms with Gasteiger partial charge in [-0.3, -0.25) is 4.79 Å². The molecule has 1 amide bonds. The summed E-state index contributed by atoms with van der Waals surface area (Å²) in [6.07, 6.45) is 1.93. The van der Waals surface area contributed by atoms with Gasteiger partial charge in [0.25, 0.3) is 5.91 Å². The van der Waals surface area contributed by atoms with Crippen molar-refractivity contribution in [3.63, 3.8) is 0 Å². The molecule has 0 aliphatic carbocycles. The third-order valence-corrected chi connectivity index (χ3v) is 4.40. The van der Waals surface area contributed by atoms with Crippen LogP contribution in [0, 0.1) is 11.3 Å². The van der Waals surface area contributed by atoms with Crippen LogP contribution >= 0.6 is 0 Å². The molecular formula is C24H20N2O4.